The maximum absolute atomic E-state index is 10.8. The monoisotopic (exact) mass is 432 g/mol. The second-order valence-electron chi connectivity index (χ2n) is 7.80. The summed E-state index contributed by atoms with van der Waals surface area (Å²) < 4.78 is 1.60. The summed E-state index contributed by atoms with van der Waals surface area (Å²) >= 11 is 0. The van der Waals surface area contributed by atoms with Crippen LogP contribution in [0, 0.1) is 6.92 Å². The van der Waals surface area contributed by atoms with E-state index in [-0.39, 0.29) is 0 Å². The summed E-state index contributed by atoms with van der Waals surface area (Å²) in [5, 5.41) is 24.0. The van der Waals surface area contributed by atoms with Gasteiger partial charge in [0.1, 0.15) is 17.1 Å². The smallest absolute Gasteiger partial charge is 0.205 e. The van der Waals surface area contributed by atoms with Crippen LogP contribution >= 0.6 is 0 Å². The van der Waals surface area contributed by atoms with Crippen LogP contribution in [0.5, 0.6) is 0 Å². The Balaban J connectivity index is 1.81. The first-order chi connectivity index (χ1) is 15.4. The minimum atomic E-state index is -0.942. The van der Waals surface area contributed by atoms with Crippen LogP contribution in [0.4, 0.5) is 11.4 Å². The van der Waals surface area contributed by atoms with Gasteiger partial charge in [-0.2, -0.15) is 9.78 Å². The van der Waals surface area contributed by atoms with Gasteiger partial charge in [-0.3, -0.25) is 9.88 Å². The second kappa shape index (κ2) is 8.97. The maximum Gasteiger partial charge on any atom is 0.205 e. The number of rotatable bonds is 7. The van der Waals surface area contributed by atoms with Crippen molar-refractivity contribution in [2.24, 2.45) is 10.1 Å². The third-order valence-electron chi connectivity index (χ3n) is 5.47. The fourth-order valence-corrected chi connectivity index (χ4v) is 3.64. The zero-order valence-electron chi connectivity index (χ0n) is 19.1. The lowest BCUT2D eigenvalue weighted by Crippen LogP contribution is -2.38. The molecule has 0 aliphatic carbocycles. The molecule has 1 aromatic carbocycles. The molecule has 1 aliphatic rings. The third kappa shape index (κ3) is 3.92. The van der Waals surface area contributed by atoms with Crippen LogP contribution in [-0.4, -0.2) is 74.7 Å². The molecule has 9 nitrogen and oxygen atoms in total. The molecule has 1 N–H and O–H groups in total. The van der Waals surface area contributed by atoms with Crippen molar-refractivity contribution in [1.29, 1.82) is 0 Å². The van der Waals surface area contributed by atoms with Gasteiger partial charge in [0.25, 0.3) is 0 Å². The minimum Gasteiger partial charge on any atom is -0.372 e. The van der Waals surface area contributed by atoms with Gasteiger partial charge >= 0.3 is 0 Å². The number of benzene rings is 1. The predicted molar refractivity (Wildman–Crippen MR) is 127 cm³/mol. The number of fused-ring (bicyclic) bond motifs is 1. The van der Waals surface area contributed by atoms with Crippen LogP contribution in [0.1, 0.15) is 25.2 Å². The SMILES string of the molecule is CCN(CC)c1ccc(N=C2C(C(O)N(C)C)=Nn3c2nnc3-c2ccccn2)c(C)c1. The van der Waals surface area contributed by atoms with Crippen molar-refractivity contribution >= 4 is 22.8 Å². The van der Waals surface area contributed by atoms with E-state index in [1.54, 1.807) is 29.9 Å². The number of nitrogens with zero attached hydrogens (tertiary/aromatic N) is 8. The summed E-state index contributed by atoms with van der Waals surface area (Å²) in [6.07, 6.45) is 0.753. The van der Waals surface area contributed by atoms with E-state index in [2.05, 4.69) is 51.2 Å². The molecule has 0 amide bonds. The van der Waals surface area contributed by atoms with Crippen molar-refractivity contribution < 1.29 is 5.11 Å². The normalized spacial score (nSPS) is 15.2. The van der Waals surface area contributed by atoms with Gasteiger partial charge in [0.15, 0.2) is 6.23 Å². The van der Waals surface area contributed by atoms with Gasteiger partial charge in [0.2, 0.25) is 11.6 Å². The first-order valence-electron chi connectivity index (χ1n) is 10.7. The summed E-state index contributed by atoms with van der Waals surface area (Å²) in [5.41, 5.74) is 4.55. The lowest BCUT2D eigenvalue weighted by Gasteiger charge is -2.22. The van der Waals surface area contributed by atoms with E-state index in [9.17, 15) is 5.11 Å². The second-order valence-corrected chi connectivity index (χ2v) is 7.80. The molecular formula is C23H28N8O. The fourth-order valence-electron chi connectivity index (χ4n) is 3.64. The first kappa shape index (κ1) is 21.8. The van der Waals surface area contributed by atoms with E-state index >= 15 is 0 Å². The first-order valence-corrected chi connectivity index (χ1v) is 10.7. The summed E-state index contributed by atoms with van der Waals surface area (Å²) in [4.78, 5) is 13.2. The molecule has 1 atom stereocenters. The average molecular weight is 433 g/mol. The molecule has 166 valence electrons. The number of pyridine rings is 1. The Labute approximate surface area is 187 Å². The molecule has 0 bridgehead atoms. The van der Waals surface area contributed by atoms with Crippen molar-refractivity contribution in [3.05, 3.63) is 54.0 Å². The van der Waals surface area contributed by atoms with Gasteiger partial charge in [-0.15, -0.1) is 10.2 Å². The predicted octanol–water partition coefficient (Wildman–Crippen LogP) is 2.71. The van der Waals surface area contributed by atoms with Gasteiger partial charge in [-0.05, 0) is 70.8 Å². The molecule has 0 spiro atoms. The van der Waals surface area contributed by atoms with Crippen LogP contribution < -0.4 is 4.90 Å². The molecule has 32 heavy (non-hydrogen) atoms. The molecule has 4 rings (SSSR count). The molecule has 9 heteroatoms. The minimum absolute atomic E-state index is 0.421. The van der Waals surface area contributed by atoms with Gasteiger partial charge in [0.05, 0.1) is 5.69 Å². The van der Waals surface area contributed by atoms with Crippen molar-refractivity contribution in [3.8, 4) is 11.5 Å². The number of aliphatic hydroxyl groups is 1. The van der Waals surface area contributed by atoms with E-state index < -0.39 is 6.23 Å². The molecule has 1 aliphatic heterocycles. The van der Waals surface area contributed by atoms with Crippen molar-refractivity contribution in [2.75, 3.05) is 32.1 Å². The highest BCUT2D eigenvalue weighted by Gasteiger charge is 2.34. The third-order valence-corrected chi connectivity index (χ3v) is 5.47. The van der Waals surface area contributed by atoms with Crippen molar-refractivity contribution in [2.45, 2.75) is 27.0 Å². The molecule has 3 heterocycles. The van der Waals surface area contributed by atoms with Gasteiger partial charge in [-0.1, -0.05) is 6.07 Å². The standard InChI is InChI=1S/C23H28N8O/c1-6-30(7-2)16-11-12-17(15(3)14-16)25-19-20(23(32)29(4)5)28-31-21(26-27-22(19)31)18-10-8-9-13-24-18/h8-14,23,32H,6-7H2,1-5H3. The molecular weight excluding hydrogens is 404 g/mol. The number of anilines is 1. The van der Waals surface area contributed by atoms with E-state index in [0.29, 0.717) is 28.8 Å². The summed E-state index contributed by atoms with van der Waals surface area (Å²) in [5.74, 6) is 0.983. The number of hydrogen-bond donors (Lipinski definition) is 1. The highest BCUT2D eigenvalue weighted by molar-refractivity contribution is 6.50. The number of hydrogen-bond acceptors (Lipinski definition) is 8. The molecule has 0 saturated carbocycles. The zero-order valence-corrected chi connectivity index (χ0v) is 19.1. The number of aromatic nitrogens is 4. The number of aliphatic imine (C=N–C) groups is 1. The largest absolute Gasteiger partial charge is 0.372 e. The van der Waals surface area contributed by atoms with E-state index in [1.807, 2.05) is 31.2 Å². The lowest BCUT2D eigenvalue weighted by molar-refractivity contribution is 0.103. The topological polar surface area (TPSA) is 95.0 Å². The molecule has 3 aromatic rings. The molecule has 0 saturated heterocycles. The van der Waals surface area contributed by atoms with Crippen LogP contribution in [0.15, 0.2) is 52.7 Å². The molecule has 0 radical (unpaired) electrons. The van der Waals surface area contributed by atoms with Gasteiger partial charge in [-0.25, -0.2) is 4.99 Å². The Bertz CT molecular complexity index is 1160. The average Bonchev–Trinajstić information content (AvgIpc) is 3.36. The van der Waals surface area contributed by atoms with Crippen molar-refractivity contribution in [3.63, 3.8) is 0 Å². The fraction of sp³-hybridized carbons (Fsp3) is 0.348. The van der Waals surface area contributed by atoms with Crippen LogP contribution in [0.25, 0.3) is 11.5 Å². The van der Waals surface area contributed by atoms with Gasteiger partial charge < -0.3 is 10.0 Å². The Morgan fingerprint density at radius 2 is 1.81 bits per heavy atom. The van der Waals surface area contributed by atoms with Gasteiger partial charge in [0, 0.05) is 25.0 Å². The number of aliphatic hydroxyl groups excluding tert-OH is 1. The van der Waals surface area contributed by atoms with E-state index in [1.165, 1.54) is 0 Å². The summed E-state index contributed by atoms with van der Waals surface area (Å²) in [7, 11) is 3.57. The van der Waals surface area contributed by atoms with Crippen LogP contribution in [0.3, 0.4) is 0 Å². The Hall–Kier alpha value is -3.43. The molecule has 0 fully saturated rings. The molecule has 2 aromatic heterocycles. The molecule has 1 unspecified atom stereocenters. The Kier molecular flexibility index (Phi) is 6.11. The summed E-state index contributed by atoms with van der Waals surface area (Å²) in [6.45, 7) is 8.19. The van der Waals surface area contributed by atoms with E-state index in [0.717, 1.165) is 30.0 Å². The highest BCUT2D eigenvalue weighted by Crippen LogP contribution is 2.28. The quantitative estimate of drug-likeness (QED) is 0.577. The van der Waals surface area contributed by atoms with Crippen molar-refractivity contribution in [1.82, 2.24) is 24.8 Å². The Morgan fingerprint density at radius 3 is 2.44 bits per heavy atom. The maximum atomic E-state index is 10.8. The zero-order chi connectivity index (χ0) is 22.8. The lowest BCUT2D eigenvalue weighted by atomic mass is 10.1. The van der Waals surface area contributed by atoms with Crippen LogP contribution in [0.2, 0.25) is 0 Å². The van der Waals surface area contributed by atoms with E-state index in [4.69, 9.17) is 4.99 Å². The Morgan fingerprint density at radius 1 is 1.06 bits per heavy atom. The van der Waals surface area contributed by atoms with Crippen LogP contribution in [-0.2, 0) is 0 Å². The highest BCUT2D eigenvalue weighted by atomic mass is 16.3. The number of aryl methyl sites for hydroxylation is 1. The summed E-state index contributed by atoms with van der Waals surface area (Å²) in [6, 6.07) is 11.8.